The molecule has 0 aliphatic rings. The third kappa shape index (κ3) is 1.77. The average Bonchev–Trinajstić information content (AvgIpc) is 1.88. The second-order valence-corrected chi connectivity index (χ2v) is 2.19. The molecule has 0 aromatic carbocycles. The van der Waals surface area contributed by atoms with Crippen molar-refractivity contribution in [2.24, 2.45) is 5.18 Å². The van der Waals surface area contributed by atoms with Crippen molar-refractivity contribution in [1.82, 2.24) is 4.98 Å². The molecule has 52 valence electrons. The van der Waals surface area contributed by atoms with Gasteiger partial charge >= 0.3 is 0 Å². The molecule has 1 rings (SSSR count). The van der Waals surface area contributed by atoms with E-state index in [1.165, 1.54) is 0 Å². The molecule has 1 heterocycles. The molecule has 0 saturated heterocycles. The van der Waals surface area contributed by atoms with Crippen LogP contribution in [0.5, 0.6) is 0 Å². The fourth-order valence-electron chi connectivity index (χ4n) is 0.601. The number of pyridine rings is 1. The Bertz CT molecular complexity index is 239. The van der Waals surface area contributed by atoms with Crippen LogP contribution in [0.1, 0.15) is 5.69 Å². The molecule has 0 amide bonds. The number of hydrogen-bond donors (Lipinski definition) is 0. The standard InChI is InChI=1S/C6H5ClN2O/c7-5-1-2-8-6(3-5)4-9-10/h1-3H,4H2. The van der Waals surface area contributed by atoms with Gasteiger partial charge in [-0.2, -0.15) is 4.91 Å². The summed E-state index contributed by atoms with van der Waals surface area (Å²) in [4.78, 5) is 13.6. The lowest BCUT2D eigenvalue weighted by Crippen LogP contribution is -1.84. The molecule has 0 bridgehead atoms. The van der Waals surface area contributed by atoms with E-state index in [0.717, 1.165) is 0 Å². The van der Waals surface area contributed by atoms with Crippen molar-refractivity contribution >= 4 is 11.6 Å². The summed E-state index contributed by atoms with van der Waals surface area (Å²) in [5.74, 6) is 0. The molecule has 1 aromatic rings. The molecule has 4 heteroatoms. The zero-order chi connectivity index (χ0) is 7.40. The van der Waals surface area contributed by atoms with E-state index in [-0.39, 0.29) is 6.54 Å². The van der Waals surface area contributed by atoms with Gasteiger partial charge in [-0.15, -0.1) is 0 Å². The fourth-order valence-corrected chi connectivity index (χ4v) is 0.784. The number of rotatable bonds is 2. The van der Waals surface area contributed by atoms with Crippen LogP contribution in [0.3, 0.4) is 0 Å². The van der Waals surface area contributed by atoms with Gasteiger partial charge in [0, 0.05) is 11.2 Å². The number of hydrogen-bond acceptors (Lipinski definition) is 3. The first-order chi connectivity index (χ1) is 4.83. The van der Waals surface area contributed by atoms with Crippen molar-refractivity contribution < 1.29 is 0 Å². The van der Waals surface area contributed by atoms with E-state index in [2.05, 4.69) is 10.2 Å². The van der Waals surface area contributed by atoms with Gasteiger partial charge in [-0.3, -0.25) is 4.98 Å². The van der Waals surface area contributed by atoms with Gasteiger partial charge in [0.25, 0.3) is 0 Å². The van der Waals surface area contributed by atoms with Crippen molar-refractivity contribution in [2.75, 3.05) is 0 Å². The third-order valence-electron chi connectivity index (χ3n) is 1.01. The largest absolute Gasteiger partial charge is 0.259 e. The lowest BCUT2D eigenvalue weighted by molar-refractivity contribution is 0.981. The van der Waals surface area contributed by atoms with Gasteiger partial charge in [0.1, 0.15) is 6.54 Å². The minimum Gasteiger partial charge on any atom is -0.259 e. The Hall–Kier alpha value is -0.960. The van der Waals surface area contributed by atoms with Gasteiger partial charge in [0.15, 0.2) is 0 Å². The van der Waals surface area contributed by atoms with Gasteiger partial charge in [-0.05, 0) is 12.1 Å². The van der Waals surface area contributed by atoms with Crippen LogP contribution >= 0.6 is 11.6 Å². The van der Waals surface area contributed by atoms with Gasteiger partial charge in [0.05, 0.1) is 5.69 Å². The summed E-state index contributed by atoms with van der Waals surface area (Å²) in [5.41, 5.74) is 0.600. The van der Waals surface area contributed by atoms with E-state index >= 15 is 0 Å². The SMILES string of the molecule is O=NCc1cc(Cl)ccn1. The van der Waals surface area contributed by atoms with Crippen LogP contribution < -0.4 is 0 Å². The zero-order valence-corrected chi connectivity index (χ0v) is 5.88. The summed E-state index contributed by atoms with van der Waals surface area (Å²) >= 11 is 5.60. The predicted molar refractivity (Wildman–Crippen MR) is 38.7 cm³/mol. The molecule has 0 unspecified atom stereocenters. The second-order valence-electron chi connectivity index (χ2n) is 1.75. The van der Waals surface area contributed by atoms with E-state index in [4.69, 9.17) is 11.6 Å². The summed E-state index contributed by atoms with van der Waals surface area (Å²) in [6.45, 7) is 0.0839. The van der Waals surface area contributed by atoms with E-state index in [1.807, 2.05) is 0 Å². The number of nitroso groups, excluding NO2 is 1. The van der Waals surface area contributed by atoms with Crippen molar-refractivity contribution in [2.45, 2.75) is 6.54 Å². The number of aromatic nitrogens is 1. The Morgan fingerprint density at radius 2 is 2.50 bits per heavy atom. The first-order valence-electron chi connectivity index (χ1n) is 2.72. The Morgan fingerprint density at radius 3 is 3.10 bits per heavy atom. The van der Waals surface area contributed by atoms with Crippen LogP contribution in [-0.2, 0) is 6.54 Å². The molecule has 0 saturated carbocycles. The van der Waals surface area contributed by atoms with Crippen molar-refractivity contribution in [3.05, 3.63) is 34.0 Å². The normalized spacial score (nSPS) is 9.30. The molecule has 1 aromatic heterocycles. The maximum absolute atomic E-state index is 9.75. The summed E-state index contributed by atoms with van der Waals surface area (Å²) in [5, 5.41) is 3.25. The Labute approximate surface area is 63.0 Å². The molecular weight excluding hydrogens is 152 g/mol. The smallest absolute Gasteiger partial charge is 0.123 e. The first-order valence-corrected chi connectivity index (χ1v) is 3.10. The molecule has 0 fully saturated rings. The van der Waals surface area contributed by atoms with Crippen LogP contribution in [0.15, 0.2) is 23.5 Å². The van der Waals surface area contributed by atoms with Crippen LogP contribution in [0, 0.1) is 4.91 Å². The first kappa shape index (κ1) is 7.15. The second kappa shape index (κ2) is 3.27. The highest BCUT2D eigenvalue weighted by Gasteiger charge is 1.92. The Kier molecular flexibility index (Phi) is 2.34. The predicted octanol–water partition coefficient (Wildman–Crippen LogP) is 2.00. The van der Waals surface area contributed by atoms with Gasteiger partial charge < -0.3 is 0 Å². The maximum Gasteiger partial charge on any atom is 0.123 e. The average molecular weight is 157 g/mol. The zero-order valence-electron chi connectivity index (χ0n) is 5.12. The Morgan fingerprint density at radius 1 is 1.70 bits per heavy atom. The lowest BCUT2D eigenvalue weighted by atomic mass is 10.3. The van der Waals surface area contributed by atoms with Crippen molar-refractivity contribution in [3.8, 4) is 0 Å². The molecule has 10 heavy (non-hydrogen) atoms. The highest BCUT2D eigenvalue weighted by molar-refractivity contribution is 6.30. The topological polar surface area (TPSA) is 42.3 Å². The van der Waals surface area contributed by atoms with E-state index in [1.54, 1.807) is 18.3 Å². The van der Waals surface area contributed by atoms with Gasteiger partial charge in [-0.25, -0.2) is 0 Å². The van der Waals surface area contributed by atoms with Crippen LogP contribution in [0.2, 0.25) is 5.02 Å². The summed E-state index contributed by atoms with van der Waals surface area (Å²) in [6.07, 6.45) is 1.54. The molecule has 0 N–H and O–H groups in total. The van der Waals surface area contributed by atoms with Crippen molar-refractivity contribution in [3.63, 3.8) is 0 Å². The minimum absolute atomic E-state index is 0.0839. The third-order valence-corrected chi connectivity index (χ3v) is 1.24. The maximum atomic E-state index is 9.75. The molecule has 3 nitrogen and oxygen atoms in total. The molecular formula is C6H5ClN2O. The van der Waals surface area contributed by atoms with Crippen LogP contribution in [-0.4, -0.2) is 4.98 Å². The van der Waals surface area contributed by atoms with Crippen molar-refractivity contribution in [1.29, 1.82) is 0 Å². The highest BCUT2D eigenvalue weighted by atomic mass is 35.5. The van der Waals surface area contributed by atoms with Gasteiger partial charge in [-0.1, -0.05) is 16.8 Å². The molecule has 0 radical (unpaired) electrons. The van der Waals surface area contributed by atoms with E-state index in [0.29, 0.717) is 10.7 Å². The summed E-state index contributed by atoms with van der Waals surface area (Å²) < 4.78 is 0. The van der Waals surface area contributed by atoms with Crippen LogP contribution in [0.25, 0.3) is 0 Å². The summed E-state index contributed by atoms with van der Waals surface area (Å²) in [6, 6.07) is 3.26. The van der Waals surface area contributed by atoms with E-state index in [9.17, 15) is 4.91 Å². The van der Waals surface area contributed by atoms with Crippen LogP contribution in [0.4, 0.5) is 0 Å². The molecule has 0 aliphatic heterocycles. The summed E-state index contributed by atoms with van der Waals surface area (Å²) in [7, 11) is 0. The monoisotopic (exact) mass is 156 g/mol. The van der Waals surface area contributed by atoms with Gasteiger partial charge in [0.2, 0.25) is 0 Å². The minimum atomic E-state index is 0.0839. The fraction of sp³-hybridized carbons (Fsp3) is 0.167. The molecule has 0 atom stereocenters. The Balaban J connectivity index is 2.84. The lowest BCUT2D eigenvalue weighted by Gasteiger charge is -1.91. The number of nitrogens with zero attached hydrogens (tertiary/aromatic N) is 2. The quantitative estimate of drug-likeness (QED) is 0.615. The highest BCUT2D eigenvalue weighted by Crippen LogP contribution is 2.07. The van der Waals surface area contributed by atoms with E-state index < -0.39 is 0 Å². The number of halogens is 1. The molecule has 0 aliphatic carbocycles. The molecule has 0 spiro atoms.